The Hall–Kier alpha value is -1.39. The first-order chi connectivity index (χ1) is 14.5. The molecule has 4 heteroatoms. The summed E-state index contributed by atoms with van der Waals surface area (Å²) in [4.78, 5) is 13.9. The lowest BCUT2D eigenvalue weighted by Crippen LogP contribution is -2.64. The molecule has 1 amide bonds. The monoisotopic (exact) mass is 410 g/mol. The Morgan fingerprint density at radius 2 is 1.83 bits per heavy atom. The fraction of sp³-hybridized carbons (Fsp3) is 0.731. The van der Waals surface area contributed by atoms with E-state index in [2.05, 4.69) is 42.6 Å². The summed E-state index contributed by atoms with van der Waals surface area (Å²) in [6.45, 7) is 3.65. The van der Waals surface area contributed by atoms with Crippen molar-refractivity contribution in [2.45, 2.75) is 88.6 Å². The van der Waals surface area contributed by atoms with E-state index in [4.69, 9.17) is 10.5 Å². The number of nitrogens with one attached hydrogen (secondary N) is 1. The Bertz CT molecular complexity index is 774. The summed E-state index contributed by atoms with van der Waals surface area (Å²) in [5.74, 6) is 0.959. The van der Waals surface area contributed by atoms with Crippen LogP contribution in [-0.2, 0) is 14.9 Å². The topological polar surface area (TPSA) is 64.3 Å². The van der Waals surface area contributed by atoms with Crippen molar-refractivity contribution < 1.29 is 9.53 Å². The van der Waals surface area contributed by atoms with Crippen molar-refractivity contribution in [3.63, 3.8) is 0 Å². The molecule has 3 N–H and O–H groups in total. The van der Waals surface area contributed by atoms with E-state index in [9.17, 15) is 4.79 Å². The zero-order valence-electron chi connectivity index (χ0n) is 18.5. The van der Waals surface area contributed by atoms with Gasteiger partial charge in [-0.05, 0) is 93.4 Å². The van der Waals surface area contributed by atoms with E-state index in [0.29, 0.717) is 23.9 Å². The number of nitrogens with two attached hydrogens (primary N) is 1. The van der Waals surface area contributed by atoms with Crippen LogP contribution in [0, 0.1) is 16.7 Å². The van der Waals surface area contributed by atoms with E-state index >= 15 is 0 Å². The fourth-order valence-electron chi connectivity index (χ4n) is 8.09. The number of hydrogen-bond donors (Lipinski definition) is 2. The van der Waals surface area contributed by atoms with Gasteiger partial charge in [0.15, 0.2) is 0 Å². The minimum absolute atomic E-state index is 0.129. The van der Waals surface area contributed by atoms with Crippen LogP contribution < -0.4 is 11.1 Å². The van der Waals surface area contributed by atoms with Gasteiger partial charge in [0, 0.05) is 18.7 Å². The van der Waals surface area contributed by atoms with Crippen LogP contribution in [0.1, 0.15) is 76.7 Å². The van der Waals surface area contributed by atoms with Gasteiger partial charge in [-0.1, -0.05) is 30.3 Å². The molecule has 5 aliphatic rings. The van der Waals surface area contributed by atoms with Crippen LogP contribution in [0.3, 0.4) is 0 Å². The van der Waals surface area contributed by atoms with Crippen LogP contribution in [0.2, 0.25) is 0 Å². The Kier molecular flexibility index (Phi) is 5.22. The summed E-state index contributed by atoms with van der Waals surface area (Å²) in [5, 5.41) is 3.50. The molecule has 0 spiro atoms. The Labute approximate surface area is 181 Å². The molecule has 0 aromatic heterocycles. The van der Waals surface area contributed by atoms with Gasteiger partial charge in [-0.25, -0.2) is 0 Å². The molecule has 6 rings (SSSR count). The number of carbonyl (C=O) groups excluding carboxylic acids is 1. The summed E-state index contributed by atoms with van der Waals surface area (Å²) < 4.78 is 6.04. The minimum Gasteiger partial charge on any atom is -0.381 e. The van der Waals surface area contributed by atoms with E-state index in [-0.39, 0.29) is 16.2 Å². The van der Waals surface area contributed by atoms with Crippen LogP contribution in [0.5, 0.6) is 0 Å². The molecular weight excluding hydrogens is 372 g/mol. The molecule has 4 atom stereocenters. The van der Waals surface area contributed by atoms with Crippen LogP contribution in [0.15, 0.2) is 30.3 Å². The quantitative estimate of drug-likeness (QED) is 0.734. The predicted molar refractivity (Wildman–Crippen MR) is 119 cm³/mol. The molecule has 0 radical (unpaired) electrons. The average molecular weight is 411 g/mol. The molecule has 164 valence electrons. The van der Waals surface area contributed by atoms with Gasteiger partial charge in [-0.3, -0.25) is 4.79 Å². The molecule has 5 saturated carbocycles. The number of rotatable bonds is 6. The fourth-order valence-corrected chi connectivity index (χ4v) is 8.09. The smallest absolute Gasteiger partial charge is 0.226 e. The second-order valence-electron chi connectivity index (χ2n) is 11.2. The normalized spacial score (nSPS) is 42.3. The van der Waals surface area contributed by atoms with E-state index < -0.39 is 0 Å². The lowest BCUT2D eigenvalue weighted by atomic mass is 9.38. The largest absolute Gasteiger partial charge is 0.381 e. The van der Waals surface area contributed by atoms with Gasteiger partial charge in [-0.2, -0.15) is 0 Å². The van der Waals surface area contributed by atoms with Crippen molar-refractivity contribution >= 4 is 5.91 Å². The zero-order chi connectivity index (χ0) is 20.8. The molecule has 0 heterocycles. The van der Waals surface area contributed by atoms with E-state index in [0.717, 1.165) is 58.2 Å². The lowest BCUT2D eigenvalue weighted by Gasteiger charge is -2.66. The van der Waals surface area contributed by atoms with Gasteiger partial charge >= 0.3 is 0 Å². The number of amides is 1. The SMILES string of the molecule is CCOCC12CC3CC(C(=O)N[C@H]4CC[C@H](N)CC4)(C1)CC(c1ccccc1)(C3)C2. The third-order valence-electron chi connectivity index (χ3n) is 8.77. The Balaban J connectivity index is 1.45. The highest BCUT2D eigenvalue weighted by Gasteiger charge is 2.66. The maximum atomic E-state index is 13.9. The molecule has 0 saturated heterocycles. The molecule has 0 aliphatic heterocycles. The number of ether oxygens (including phenoxy) is 1. The second kappa shape index (κ2) is 7.63. The van der Waals surface area contributed by atoms with Gasteiger partial charge < -0.3 is 15.8 Å². The van der Waals surface area contributed by atoms with Crippen molar-refractivity contribution in [3.05, 3.63) is 35.9 Å². The predicted octanol–water partition coefficient (Wildman–Crippen LogP) is 4.32. The molecule has 1 aromatic carbocycles. The van der Waals surface area contributed by atoms with Gasteiger partial charge in [-0.15, -0.1) is 0 Å². The highest BCUT2D eigenvalue weighted by Crippen LogP contribution is 2.70. The van der Waals surface area contributed by atoms with Crippen molar-refractivity contribution in [1.29, 1.82) is 0 Å². The summed E-state index contributed by atoms with van der Waals surface area (Å²) in [7, 11) is 0. The molecule has 1 aromatic rings. The third-order valence-corrected chi connectivity index (χ3v) is 8.77. The first kappa shape index (κ1) is 20.5. The average Bonchev–Trinajstić information content (AvgIpc) is 2.74. The molecular formula is C26H38N2O2. The lowest BCUT2D eigenvalue weighted by molar-refractivity contribution is -0.172. The molecule has 30 heavy (non-hydrogen) atoms. The first-order valence-electron chi connectivity index (χ1n) is 12.2. The second-order valence-corrected chi connectivity index (χ2v) is 11.2. The Morgan fingerprint density at radius 1 is 1.07 bits per heavy atom. The molecule has 4 nitrogen and oxygen atoms in total. The maximum absolute atomic E-state index is 13.9. The molecule has 5 aliphatic carbocycles. The standard InChI is InChI=1S/C26H38N2O2/c1-2-30-18-24-12-19-13-25(15-24,20-6-4-3-5-7-20)17-26(14-19,16-24)23(29)28-22-10-8-21(27)9-11-22/h3-7,19,21-22H,2,8-18,27H2,1H3,(H,28,29)/t19?,21-,22-,24?,25?,26?. The van der Waals surface area contributed by atoms with E-state index in [1.807, 2.05) is 0 Å². The molecule has 5 fully saturated rings. The highest BCUT2D eigenvalue weighted by molar-refractivity contribution is 5.84. The first-order valence-corrected chi connectivity index (χ1v) is 12.2. The van der Waals surface area contributed by atoms with Crippen molar-refractivity contribution in [2.24, 2.45) is 22.5 Å². The van der Waals surface area contributed by atoms with Crippen molar-refractivity contribution in [2.75, 3.05) is 13.2 Å². The molecule has 4 bridgehead atoms. The Morgan fingerprint density at radius 3 is 2.57 bits per heavy atom. The van der Waals surface area contributed by atoms with Crippen molar-refractivity contribution in [1.82, 2.24) is 5.32 Å². The zero-order valence-corrected chi connectivity index (χ0v) is 18.5. The summed E-state index contributed by atoms with van der Waals surface area (Å²) in [6.07, 6.45) is 10.8. The van der Waals surface area contributed by atoms with E-state index in [1.165, 1.54) is 24.8 Å². The van der Waals surface area contributed by atoms with Crippen molar-refractivity contribution in [3.8, 4) is 0 Å². The van der Waals surface area contributed by atoms with Crippen LogP contribution in [-0.4, -0.2) is 31.2 Å². The third kappa shape index (κ3) is 3.50. The van der Waals surface area contributed by atoms with Crippen LogP contribution in [0.4, 0.5) is 0 Å². The van der Waals surface area contributed by atoms with Crippen LogP contribution in [0.25, 0.3) is 0 Å². The minimum atomic E-state index is -0.230. The number of benzene rings is 1. The molecule has 4 unspecified atom stereocenters. The maximum Gasteiger partial charge on any atom is 0.226 e. The highest BCUT2D eigenvalue weighted by atomic mass is 16.5. The number of hydrogen-bond acceptors (Lipinski definition) is 3. The van der Waals surface area contributed by atoms with Gasteiger partial charge in [0.25, 0.3) is 0 Å². The summed E-state index contributed by atoms with van der Waals surface area (Å²) in [5.41, 5.74) is 7.58. The summed E-state index contributed by atoms with van der Waals surface area (Å²) >= 11 is 0. The van der Waals surface area contributed by atoms with Gasteiger partial charge in [0.1, 0.15) is 0 Å². The van der Waals surface area contributed by atoms with Gasteiger partial charge in [0.05, 0.1) is 12.0 Å². The van der Waals surface area contributed by atoms with E-state index in [1.54, 1.807) is 0 Å². The summed E-state index contributed by atoms with van der Waals surface area (Å²) in [6, 6.07) is 11.7. The number of carbonyl (C=O) groups is 1. The van der Waals surface area contributed by atoms with Gasteiger partial charge in [0.2, 0.25) is 5.91 Å². The van der Waals surface area contributed by atoms with Crippen LogP contribution >= 0.6 is 0 Å².